The van der Waals surface area contributed by atoms with Gasteiger partial charge in [-0.15, -0.1) is 5.10 Å². The van der Waals surface area contributed by atoms with Crippen LogP contribution in [-0.4, -0.2) is 45.2 Å². The van der Waals surface area contributed by atoms with E-state index in [1.54, 1.807) is 36.4 Å². The summed E-state index contributed by atoms with van der Waals surface area (Å²) in [6.07, 6.45) is 8.15. The number of hydrogen-bond acceptors (Lipinski definition) is 7. The van der Waals surface area contributed by atoms with E-state index >= 15 is 4.39 Å². The molecule has 2 atom stereocenters. The molecule has 2 bridgehead atoms. The Bertz CT molecular complexity index is 2180. The Balaban J connectivity index is 1.30. The van der Waals surface area contributed by atoms with Crippen molar-refractivity contribution in [2.24, 2.45) is 13.0 Å². The van der Waals surface area contributed by atoms with Crippen LogP contribution in [0.1, 0.15) is 37.9 Å². The summed E-state index contributed by atoms with van der Waals surface area (Å²) in [5.41, 5.74) is 4.24. The molecule has 0 radical (unpaired) electrons. The van der Waals surface area contributed by atoms with E-state index in [0.717, 1.165) is 16.8 Å². The van der Waals surface area contributed by atoms with Gasteiger partial charge in [0.25, 0.3) is 5.56 Å². The number of carbonyl (C=O) groups excluding carboxylic acids is 1. The van der Waals surface area contributed by atoms with Crippen LogP contribution >= 0.6 is 11.6 Å². The fourth-order valence-corrected chi connectivity index (χ4v) is 6.12. The first-order valence-electron chi connectivity index (χ1n) is 15.1. The number of nitrogens with one attached hydrogen (secondary N) is 1. The molecule has 6 aromatic rings. The predicted molar refractivity (Wildman–Crippen MR) is 175 cm³/mol. The molecule has 0 spiro atoms. The van der Waals surface area contributed by atoms with Crippen molar-refractivity contribution < 1.29 is 9.18 Å². The van der Waals surface area contributed by atoms with Crippen LogP contribution in [0.2, 0.25) is 5.02 Å². The first-order chi connectivity index (χ1) is 22.8. The van der Waals surface area contributed by atoms with Gasteiger partial charge in [0, 0.05) is 36.4 Å². The van der Waals surface area contributed by atoms with Crippen molar-refractivity contribution >= 4 is 23.2 Å². The third-order valence-electron chi connectivity index (χ3n) is 8.47. The predicted octanol–water partition coefficient (Wildman–Crippen LogP) is 6.09. The van der Waals surface area contributed by atoms with Gasteiger partial charge in [0.2, 0.25) is 5.91 Å². The summed E-state index contributed by atoms with van der Waals surface area (Å²) in [6.45, 7) is 1.88. The molecule has 0 saturated heterocycles. The molecular formula is C34H29ClFN9O2. The Hall–Kier alpha value is -5.49. The number of aryl methyl sites for hydroxylation is 1. The molecule has 11 nitrogen and oxygen atoms in total. The van der Waals surface area contributed by atoms with E-state index < -0.39 is 17.4 Å². The molecule has 0 saturated carbocycles. The van der Waals surface area contributed by atoms with Crippen molar-refractivity contribution in [2.75, 3.05) is 5.32 Å². The highest BCUT2D eigenvalue weighted by Gasteiger charge is 2.25. The number of nitrogens with zero attached hydrogens (tertiary/aromatic N) is 8. The van der Waals surface area contributed by atoms with Crippen LogP contribution in [0.5, 0.6) is 0 Å². The van der Waals surface area contributed by atoms with Crippen LogP contribution in [0.3, 0.4) is 0 Å². The minimum Gasteiger partial charge on any atom is -0.323 e. The highest BCUT2D eigenvalue weighted by atomic mass is 35.5. The van der Waals surface area contributed by atoms with Crippen molar-refractivity contribution in [1.29, 1.82) is 0 Å². The standard InChI is InChI=1S/C34H29ClFN9O2/c1-20-7-6-10-28(24-15-22(13-14-37-24)33-26(40-34(20)47)17-39-43(33)2)44-19-38-25(16-30(44)46)31-29(12-11-23(35)32(31)36)45-18-27(41-42-45)21-8-4-3-5-9-21/h3-5,8-9,11-20,28H,6-7,10H2,1-2H3,(H,40,47)/t20-,28+/m1/s1. The number of amides is 1. The van der Waals surface area contributed by atoms with Crippen molar-refractivity contribution in [3.63, 3.8) is 0 Å². The van der Waals surface area contributed by atoms with Crippen molar-refractivity contribution in [3.8, 4) is 39.5 Å². The highest BCUT2D eigenvalue weighted by molar-refractivity contribution is 6.31. The van der Waals surface area contributed by atoms with Crippen LogP contribution in [0.25, 0.3) is 39.5 Å². The first kappa shape index (κ1) is 30.2. The Morgan fingerprint density at radius 3 is 2.62 bits per heavy atom. The lowest BCUT2D eigenvalue weighted by molar-refractivity contribution is -0.119. The normalized spacial score (nSPS) is 16.6. The van der Waals surface area contributed by atoms with E-state index in [4.69, 9.17) is 11.6 Å². The Kier molecular flexibility index (Phi) is 7.94. The van der Waals surface area contributed by atoms with E-state index in [-0.39, 0.29) is 28.1 Å². The molecule has 2 aromatic carbocycles. The largest absolute Gasteiger partial charge is 0.323 e. The smallest absolute Gasteiger partial charge is 0.254 e. The monoisotopic (exact) mass is 649 g/mol. The molecule has 47 heavy (non-hydrogen) atoms. The average Bonchev–Trinajstić information content (AvgIpc) is 3.71. The molecule has 236 valence electrons. The maximum atomic E-state index is 15.8. The number of rotatable bonds is 4. The SMILES string of the molecule is C[C@@H]1CCC[C@H](n2cnc(-c3c(-n4cc(-c5ccccc5)nn4)ccc(Cl)c3F)cc2=O)c2cc(ccn2)-c2c(cnn2C)NC1=O. The zero-order valence-corrected chi connectivity index (χ0v) is 26.3. The van der Waals surface area contributed by atoms with Gasteiger partial charge in [-0.05, 0) is 37.1 Å². The van der Waals surface area contributed by atoms with E-state index in [1.165, 1.54) is 27.7 Å². The minimum absolute atomic E-state index is 0.0219. The van der Waals surface area contributed by atoms with Crippen molar-refractivity contribution in [1.82, 2.24) is 39.3 Å². The summed E-state index contributed by atoms with van der Waals surface area (Å²) >= 11 is 6.23. The average molecular weight is 650 g/mol. The van der Waals surface area contributed by atoms with Crippen LogP contribution in [0, 0.1) is 11.7 Å². The quantitative estimate of drug-likeness (QED) is 0.245. The van der Waals surface area contributed by atoms with Gasteiger partial charge < -0.3 is 5.32 Å². The van der Waals surface area contributed by atoms with Gasteiger partial charge in [0.15, 0.2) is 5.82 Å². The lowest BCUT2D eigenvalue weighted by Gasteiger charge is -2.22. The molecule has 13 heteroatoms. The lowest BCUT2D eigenvalue weighted by Crippen LogP contribution is -2.27. The molecule has 0 aliphatic carbocycles. The molecule has 7 rings (SSSR count). The number of pyridine rings is 1. The first-order valence-corrected chi connectivity index (χ1v) is 15.5. The van der Waals surface area contributed by atoms with Gasteiger partial charge in [0.1, 0.15) is 5.69 Å². The van der Waals surface area contributed by atoms with Crippen molar-refractivity contribution in [2.45, 2.75) is 32.2 Å². The molecule has 1 aliphatic heterocycles. The molecular weight excluding hydrogens is 621 g/mol. The maximum absolute atomic E-state index is 15.8. The molecule has 1 N–H and O–H groups in total. The van der Waals surface area contributed by atoms with Crippen molar-refractivity contribution in [3.05, 3.63) is 112 Å². The molecule has 0 fully saturated rings. The maximum Gasteiger partial charge on any atom is 0.254 e. The number of fused-ring (bicyclic) bond motifs is 4. The fraction of sp³-hybridized carbons (Fsp3) is 0.206. The van der Waals surface area contributed by atoms with Gasteiger partial charge in [0.05, 0.1) is 63.8 Å². The summed E-state index contributed by atoms with van der Waals surface area (Å²) in [5, 5.41) is 15.7. The van der Waals surface area contributed by atoms with E-state index in [2.05, 4.69) is 30.7 Å². The zero-order chi connectivity index (χ0) is 32.7. The van der Waals surface area contributed by atoms with E-state index in [1.807, 2.05) is 49.4 Å². The third kappa shape index (κ3) is 5.72. The second-order valence-corrected chi connectivity index (χ2v) is 11.9. The summed E-state index contributed by atoms with van der Waals surface area (Å²) in [7, 11) is 1.80. The molecule has 1 amide bonds. The second-order valence-electron chi connectivity index (χ2n) is 11.5. The third-order valence-corrected chi connectivity index (χ3v) is 8.76. The molecule has 5 heterocycles. The van der Waals surface area contributed by atoms with Gasteiger partial charge >= 0.3 is 0 Å². The van der Waals surface area contributed by atoms with Crippen LogP contribution < -0.4 is 10.9 Å². The van der Waals surface area contributed by atoms with Gasteiger partial charge in [-0.1, -0.05) is 60.5 Å². The Labute approximate surface area is 273 Å². The fourth-order valence-electron chi connectivity index (χ4n) is 5.96. The van der Waals surface area contributed by atoms with E-state index in [0.29, 0.717) is 42.0 Å². The minimum atomic E-state index is -0.731. The zero-order valence-electron chi connectivity index (χ0n) is 25.5. The summed E-state index contributed by atoms with van der Waals surface area (Å²) in [4.78, 5) is 36.1. The number of carbonyl (C=O) groups is 1. The van der Waals surface area contributed by atoms with Gasteiger partial charge in [-0.25, -0.2) is 14.1 Å². The lowest BCUT2D eigenvalue weighted by atomic mass is 9.97. The van der Waals surface area contributed by atoms with Crippen LogP contribution in [-0.2, 0) is 11.8 Å². The van der Waals surface area contributed by atoms with E-state index in [9.17, 15) is 9.59 Å². The number of halogens is 2. The van der Waals surface area contributed by atoms with Gasteiger partial charge in [-0.2, -0.15) is 5.10 Å². The topological polar surface area (TPSA) is 125 Å². The molecule has 1 aliphatic rings. The number of hydrogen-bond donors (Lipinski definition) is 1. The molecule has 4 aromatic heterocycles. The number of anilines is 1. The summed E-state index contributed by atoms with van der Waals surface area (Å²) in [5.74, 6) is -1.10. The summed E-state index contributed by atoms with van der Waals surface area (Å²) in [6, 6.07) is 17.1. The number of aromatic nitrogens is 8. The Morgan fingerprint density at radius 2 is 1.81 bits per heavy atom. The Morgan fingerprint density at radius 1 is 0.979 bits per heavy atom. The second kappa shape index (κ2) is 12.4. The van der Waals surface area contributed by atoms with Gasteiger partial charge in [-0.3, -0.25) is 23.8 Å². The van der Waals surface area contributed by atoms with Crippen LogP contribution in [0.15, 0.2) is 90.4 Å². The summed E-state index contributed by atoms with van der Waals surface area (Å²) < 4.78 is 20.4. The molecule has 0 unspecified atom stereocenters. The highest BCUT2D eigenvalue weighted by Crippen LogP contribution is 2.34. The van der Waals surface area contributed by atoms with Crippen LogP contribution in [0.4, 0.5) is 10.1 Å². The number of benzene rings is 2.